The van der Waals surface area contributed by atoms with Crippen LogP contribution in [0.2, 0.25) is 0 Å². The number of fused-ring (bicyclic) bond motifs is 1. The topological polar surface area (TPSA) is 76.7 Å². The summed E-state index contributed by atoms with van der Waals surface area (Å²) in [7, 11) is 3.03. The smallest absolute Gasteiger partial charge is 0.251 e. The van der Waals surface area contributed by atoms with Gasteiger partial charge in [-0.25, -0.2) is 0 Å². The number of methoxy groups -OCH3 is 2. The molecule has 0 unspecified atom stereocenters. The molecule has 2 N–H and O–H groups in total. The predicted octanol–water partition coefficient (Wildman–Crippen LogP) is 2.90. The lowest BCUT2D eigenvalue weighted by atomic mass is 10.1. The van der Waals surface area contributed by atoms with Crippen LogP contribution < -0.4 is 20.1 Å². The predicted molar refractivity (Wildman–Crippen MR) is 108 cm³/mol. The number of ether oxygens (including phenoxy) is 2. The average molecular weight is 378 g/mol. The minimum absolute atomic E-state index is 0.110. The highest BCUT2D eigenvalue weighted by atomic mass is 16.5. The number of carbonyl (C=O) groups is 2. The van der Waals surface area contributed by atoms with Crippen molar-refractivity contribution in [3.05, 3.63) is 71.8 Å². The van der Waals surface area contributed by atoms with Gasteiger partial charge >= 0.3 is 0 Å². The Morgan fingerprint density at radius 3 is 2.32 bits per heavy atom. The molecule has 0 fully saturated rings. The lowest BCUT2D eigenvalue weighted by Gasteiger charge is -2.10. The number of hydrogen-bond donors (Lipinski definition) is 2. The first-order chi connectivity index (χ1) is 13.6. The fourth-order valence-electron chi connectivity index (χ4n) is 2.85. The van der Waals surface area contributed by atoms with Gasteiger partial charge in [-0.2, -0.15) is 0 Å². The van der Waals surface area contributed by atoms with Crippen LogP contribution in [0.5, 0.6) is 11.5 Å². The molecular weight excluding hydrogens is 356 g/mol. The molecule has 0 radical (unpaired) electrons. The molecule has 0 spiro atoms. The first-order valence-electron chi connectivity index (χ1n) is 8.85. The highest BCUT2D eigenvalue weighted by molar-refractivity contribution is 5.97. The molecule has 0 aliphatic carbocycles. The summed E-state index contributed by atoms with van der Waals surface area (Å²) in [6.07, 6.45) is 0. The third-order valence-corrected chi connectivity index (χ3v) is 4.36. The molecule has 3 rings (SSSR count). The molecule has 0 saturated heterocycles. The zero-order chi connectivity index (χ0) is 19.9. The highest BCUT2D eigenvalue weighted by Gasteiger charge is 2.12. The van der Waals surface area contributed by atoms with E-state index in [4.69, 9.17) is 9.47 Å². The van der Waals surface area contributed by atoms with E-state index in [-0.39, 0.29) is 18.4 Å². The molecule has 28 heavy (non-hydrogen) atoms. The summed E-state index contributed by atoms with van der Waals surface area (Å²) in [5, 5.41) is 7.69. The SMILES string of the molecule is COc1ccc(C(=O)NCC(=O)NCc2ccc3ccccc3c2)cc1OC. The van der Waals surface area contributed by atoms with Gasteiger partial charge in [-0.15, -0.1) is 0 Å². The van der Waals surface area contributed by atoms with Gasteiger partial charge in [0.2, 0.25) is 5.91 Å². The Morgan fingerprint density at radius 1 is 0.821 bits per heavy atom. The summed E-state index contributed by atoms with van der Waals surface area (Å²) in [6.45, 7) is 0.288. The van der Waals surface area contributed by atoms with Crippen LogP contribution in [0.3, 0.4) is 0 Å². The molecule has 0 heterocycles. The van der Waals surface area contributed by atoms with E-state index < -0.39 is 0 Å². The molecule has 6 heteroatoms. The van der Waals surface area contributed by atoms with Crippen LogP contribution in [0, 0.1) is 0 Å². The van der Waals surface area contributed by atoms with Gasteiger partial charge in [0.25, 0.3) is 5.91 Å². The Kier molecular flexibility index (Phi) is 6.11. The number of nitrogens with one attached hydrogen (secondary N) is 2. The van der Waals surface area contributed by atoms with Crippen LogP contribution in [0.1, 0.15) is 15.9 Å². The fourth-order valence-corrected chi connectivity index (χ4v) is 2.85. The van der Waals surface area contributed by atoms with Crippen molar-refractivity contribution in [2.45, 2.75) is 6.54 Å². The molecular formula is C22H22N2O4. The molecule has 0 aromatic heterocycles. The lowest BCUT2D eigenvalue weighted by molar-refractivity contribution is -0.120. The van der Waals surface area contributed by atoms with Crippen LogP contribution in [0.25, 0.3) is 10.8 Å². The number of carbonyl (C=O) groups excluding carboxylic acids is 2. The molecule has 2 amide bonds. The summed E-state index contributed by atoms with van der Waals surface area (Å²) < 4.78 is 10.3. The largest absolute Gasteiger partial charge is 0.493 e. The number of benzene rings is 3. The minimum Gasteiger partial charge on any atom is -0.493 e. The number of amides is 2. The van der Waals surface area contributed by atoms with E-state index in [2.05, 4.69) is 10.6 Å². The van der Waals surface area contributed by atoms with Crippen LogP contribution in [-0.2, 0) is 11.3 Å². The van der Waals surface area contributed by atoms with E-state index in [1.54, 1.807) is 18.2 Å². The van der Waals surface area contributed by atoms with Crippen molar-refractivity contribution in [3.8, 4) is 11.5 Å². The normalized spacial score (nSPS) is 10.4. The van der Waals surface area contributed by atoms with E-state index in [0.29, 0.717) is 23.6 Å². The molecule has 0 bridgehead atoms. The minimum atomic E-state index is -0.359. The van der Waals surface area contributed by atoms with Gasteiger partial charge in [-0.05, 0) is 40.6 Å². The Labute approximate surface area is 163 Å². The van der Waals surface area contributed by atoms with Crippen LogP contribution in [-0.4, -0.2) is 32.6 Å². The Morgan fingerprint density at radius 2 is 1.57 bits per heavy atom. The zero-order valence-corrected chi connectivity index (χ0v) is 15.8. The lowest BCUT2D eigenvalue weighted by Crippen LogP contribution is -2.36. The summed E-state index contributed by atoms with van der Waals surface area (Å²) in [5.74, 6) is 0.367. The summed E-state index contributed by atoms with van der Waals surface area (Å²) in [6, 6.07) is 18.9. The average Bonchev–Trinajstić information content (AvgIpc) is 2.75. The molecule has 0 saturated carbocycles. The maximum Gasteiger partial charge on any atom is 0.251 e. The molecule has 6 nitrogen and oxygen atoms in total. The van der Waals surface area contributed by atoms with Crippen molar-refractivity contribution < 1.29 is 19.1 Å². The van der Waals surface area contributed by atoms with Crippen molar-refractivity contribution in [1.82, 2.24) is 10.6 Å². The second-order valence-electron chi connectivity index (χ2n) is 6.21. The van der Waals surface area contributed by atoms with E-state index >= 15 is 0 Å². The van der Waals surface area contributed by atoms with E-state index in [0.717, 1.165) is 16.3 Å². The Bertz CT molecular complexity index is 1000. The second-order valence-corrected chi connectivity index (χ2v) is 6.21. The monoisotopic (exact) mass is 378 g/mol. The molecule has 144 valence electrons. The first kappa shape index (κ1) is 19.2. The van der Waals surface area contributed by atoms with Gasteiger partial charge in [0.05, 0.1) is 20.8 Å². The maximum absolute atomic E-state index is 12.3. The van der Waals surface area contributed by atoms with Crippen molar-refractivity contribution in [2.24, 2.45) is 0 Å². The maximum atomic E-state index is 12.3. The second kappa shape index (κ2) is 8.90. The molecule has 0 aliphatic heterocycles. The van der Waals surface area contributed by atoms with Gasteiger partial charge in [0.1, 0.15) is 0 Å². The number of hydrogen-bond acceptors (Lipinski definition) is 4. The Balaban J connectivity index is 1.52. The van der Waals surface area contributed by atoms with Crippen LogP contribution in [0.15, 0.2) is 60.7 Å². The third-order valence-electron chi connectivity index (χ3n) is 4.36. The van der Waals surface area contributed by atoms with Crippen molar-refractivity contribution in [3.63, 3.8) is 0 Å². The van der Waals surface area contributed by atoms with Crippen LogP contribution in [0.4, 0.5) is 0 Å². The van der Waals surface area contributed by atoms with Crippen LogP contribution >= 0.6 is 0 Å². The van der Waals surface area contributed by atoms with Gasteiger partial charge in [-0.3, -0.25) is 9.59 Å². The van der Waals surface area contributed by atoms with Gasteiger partial charge < -0.3 is 20.1 Å². The van der Waals surface area contributed by atoms with E-state index in [9.17, 15) is 9.59 Å². The molecule has 0 aliphatic rings. The van der Waals surface area contributed by atoms with Crippen molar-refractivity contribution >= 4 is 22.6 Å². The van der Waals surface area contributed by atoms with Crippen molar-refractivity contribution in [2.75, 3.05) is 20.8 Å². The third kappa shape index (κ3) is 4.59. The highest BCUT2D eigenvalue weighted by Crippen LogP contribution is 2.27. The quantitative estimate of drug-likeness (QED) is 0.663. The Hall–Kier alpha value is -3.54. The van der Waals surface area contributed by atoms with Gasteiger partial charge in [0.15, 0.2) is 11.5 Å². The van der Waals surface area contributed by atoms with E-state index in [1.807, 2.05) is 42.5 Å². The zero-order valence-electron chi connectivity index (χ0n) is 15.8. The summed E-state index contributed by atoms with van der Waals surface area (Å²) in [4.78, 5) is 24.3. The van der Waals surface area contributed by atoms with E-state index in [1.165, 1.54) is 14.2 Å². The first-order valence-corrected chi connectivity index (χ1v) is 8.85. The molecule has 3 aromatic rings. The van der Waals surface area contributed by atoms with Crippen molar-refractivity contribution in [1.29, 1.82) is 0 Å². The fraction of sp³-hybridized carbons (Fsp3) is 0.182. The number of rotatable bonds is 7. The summed E-state index contributed by atoms with van der Waals surface area (Å²) in [5.41, 5.74) is 1.39. The van der Waals surface area contributed by atoms with Gasteiger partial charge in [0, 0.05) is 12.1 Å². The summed E-state index contributed by atoms with van der Waals surface area (Å²) >= 11 is 0. The molecule has 3 aromatic carbocycles. The van der Waals surface area contributed by atoms with Gasteiger partial charge in [-0.1, -0.05) is 36.4 Å². The molecule has 0 atom stereocenters. The standard InChI is InChI=1S/C22H22N2O4/c1-27-19-10-9-18(12-20(19)28-2)22(26)24-14-21(25)23-13-15-7-8-16-5-3-4-6-17(16)11-15/h3-12H,13-14H2,1-2H3,(H,23,25)(H,24,26).